The van der Waals surface area contributed by atoms with E-state index in [1.807, 2.05) is 30.3 Å². The first-order valence-electron chi connectivity index (χ1n) is 10.7. The minimum absolute atomic E-state index is 0.0531. The quantitative estimate of drug-likeness (QED) is 0.649. The highest BCUT2D eigenvalue weighted by Crippen LogP contribution is 2.32. The second-order valence-electron chi connectivity index (χ2n) is 9.19. The molecule has 1 fully saturated rings. The molecule has 2 aromatic heterocycles. The summed E-state index contributed by atoms with van der Waals surface area (Å²) >= 11 is 0. The van der Waals surface area contributed by atoms with Crippen LogP contribution in [0.5, 0.6) is 0 Å². The maximum Gasteiger partial charge on any atom is 0.274 e. The lowest BCUT2D eigenvalue weighted by atomic mass is 9.83. The lowest BCUT2D eigenvalue weighted by molar-refractivity contribution is 0.102. The lowest BCUT2D eigenvalue weighted by Gasteiger charge is -2.24. The molecule has 1 N–H and O–H groups in total. The van der Waals surface area contributed by atoms with Crippen LogP contribution in [0, 0.1) is 5.92 Å². The van der Waals surface area contributed by atoms with E-state index < -0.39 is 0 Å². The van der Waals surface area contributed by atoms with Gasteiger partial charge in [-0.2, -0.15) is 0 Å². The Labute approximate surface area is 172 Å². The molecule has 152 valence electrons. The van der Waals surface area contributed by atoms with Crippen LogP contribution in [0.4, 0.5) is 5.69 Å². The highest BCUT2D eigenvalue weighted by atomic mass is 16.1. The van der Waals surface area contributed by atoms with Crippen molar-refractivity contribution in [1.82, 2.24) is 14.4 Å². The van der Waals surface area contributed by atoms with Gasteiger partial charge >= 0.3 is 0 Å². The summed E-state index contributed by atoms with van der Waals surface area (Å²) in [6.45, 7) is 6.61. The van der Waals surface area contributed by atoms with Crippen molar-refractivity contribution in [3.05, 3.63) is 59.8 Å². The van der Waals surface area contributed by atoms with Crippen LogP contribution in [-0.4, -0.2) is 20.3 Å². The van der Waals surface area contributed by atoms with Crippen molar-refractivity contribution in [3.8, 4) is 0 Å². The van der Waals surface area contributed by atoms with Crippen LogP contribution in [0.15, 0.2) is 42.7 Å². The molecule has 0 atom stereocenters. The van der Waals surface area contributed by atoms with Gasteiger partial charge in [0.1, 0.15) is 17.7 Å². The Morgan fingerprint density at radius 1 is 1.14 bits per heavy atom. The molecule has 5 heteroatoms. The number of anilines is 1. The van der Waals surface area contributed by atoms with Gasteiger partial charge < -0.3 is 5.32 Å². The maximum absolute atomic E-state index is 12.7. The average Bonchev–Trinajstić information content (AvgIpc) is 3.08. The summed E-state index contributed by atoms with van der Waals surface area (Å²) in [5.41, 5.74) is 4.26. The maximum atomic E-state index is 12.7. The summed E-state index contributed by atoms with van der Waals surface area (Å²) in [5.74, 6) is 0.499. The molecule has 1 aromatic carbocycles. The fourth-order valence-electron chi connectivity index (χ4n) is 4.30. The van der Waals surface area contributed by atoms with E-state index in [1.165, 1.54) is 37.8 Å². The number of nitrogens with one attached hydrogen (secondary N) is 1. The normalized spacial score (nSPS) is 15.6. The first-order chi connectivity index (χ1) is 13.9. The van der Waals surface area contributed by atoms with Crippen LogP contribution in [0.1, 0.15) is 74.8 Å². The number of rotatable bonds is 4. The third kappa shape index (κ3) is 4.34. The van der Waals surface area contributed by atoms with Gasteiger partial charge in [0.25, 0.3) is 5.91 Å². The standard InChI is InChI=1S/C24H30N4O/c1-24(2,3)22-20(14-17-10-6-4-7-11-17)28-16-25-19(15-21(28)27-22)23(29)26-18-12-8-5-9-13-18/h5,8-9,12-13,15-17H,4,6-7,10-11,14H2,1-3H3,(H,26,29). The number of carbonyl (C=O) groups is 1. The van der Waals surface area contributed by atoms with Crippen molar-refractivity contribution in [1.29, 1.82) is 0 Å². The van der Waals surface area contributed by atoms with E-state index in [4.69, 9.17) is 4.98 Å². The molecular formula is C24H30N4O. The largest absolute Gasteiger partial charge is 0.321 e. The van der Waals surface area contributed by atoms with Crippen molar-refractivity contribution < 1.29 is 4.79 Å². The fourth-order valence-corrected chi connectivity index (χ4v) is 4.30. The first-order valence-corrected chi connectivity index (χ1v) is 10.7. The second-order valence-corrected chi connectivity index (χ2v) is 9.19. The predicted molar refractivity (Wildman–Crippen MR) is 116 cm³/mol. The smallest absolute Gasteiger partial charge is 0.274 e. The summed E-state index contributed by atoms with van der Waals surface area (Å²) < 4.78 is 2.09. The minimum Gasteiger partial charge on any atom is -0.321 e. The number of fused-ring (bicyclic) bond motifs is 1. The molecule has 0 saturated heterocycles. The van der Waals surface area contributed by atoms with Crippen molar-refractivity contribution in [2.75, 3.05) is 5.32 Å². The van der Waals surface area contributed by atoms with E-state index in [9.17, 15) is 4.79 Å². The van der Waals surface area contributed by atoms with Gasteiger partial charge in [-0.15, -0.1) is 0 Å². The van der Waals surface area contributed by atoms with Crippen LogP contribution >= 0.6 is 0 Å². The Hall–Kier alpha value is -2.69. The average molecular weight is 391 g/mol. The van der Waals surface area contributed by atoms with Crippen LogP contribution in [0.25, 0.3) is 5.65 Å². The fraction of sp³-hybridized carbons (Fsp3) is 0.458. The summed E-state index contributed by atoms with van der Waals surface area (Å²) in [6.07, 6.45) is 9.41. The van der Waals surface area contributed by atoms with Crippen LogP contribution in [0.3, 0.4) is 0 Å². The Bertz CT molecular complexity index is 995. The number of hydrogen-bond donors (Lipinski definition) is 1. The van der Waals surface area contributed by atoms with Gasteiger partial charge in [0.05, 0.1) is 5.69 Å². The third-order valence-corrected chi connectivity index (χ3v) is 5.80. The van der Waals surface area contributed by atoms with Crippen LogP contribution < -0.4 is 5.32 Å². The Morgan fingerprint density at radius 3 is 2.55 bits per heavy atom. The Balaban J connectivity index is 1.66. The van der Waals surface area contributed by atoms with Crippen molar-refractivity contribution in [2.24, 2.45) is 5.92 Å². The number of amides is 1. The summed E-state index contributed by atoms with van der Waals surface area (Å²) in [7, 11) is 0. The number of carbonyl (C=O) groups excluding carboxylic acids is 1. The molecule has 4 rings (SSSR count). The number of hydrogen-bond acceptors (Lipinski definition) is 3. The van der Waals surface area contributed by atoms with Gasteiger partial charge in [-0.3, -0.25) is 9.20 Å². The van der Waals surface area contributed by atoms with Crippen molar-refractivity contribution in [2.45, 2.75) is 64.7 Å². The molecule has 1 aliphatic carbocycles. The van der Waals surface area contributed by atoms with Gasteiger partial charge in [0.15, 0.2) is 0 Å². The summed E-state index contributed by atoms with van der Waals surface area (Å²) in [5, 5.41) is 2.90. The number of aromatic nitrogens is 3. The molecule has 2 heterocycles. The molecule has 1 aliphatic rings. The lowest BCUT2D eigenvalue weighted by Crippen LogP contribution is -2.18. The zero-order valence-electron chi connectivity index (χ0n) is 17.6. The molecule has 0 bridgehead atoms. The first kappa shape index (κ1) is 19.6. The highest BCUT2D eigenvalue weighted by Gasteiger charge is 2.27. The molecule has 1 amide bonds. The van der Waals surface area contributed by atoms with E-state index in [1.54, 1.807) is 12.4 Å². The van der Waals surface area contributed by atoms with Crippen LogP contribution in [0.2, 0.25) is 0 Å². The van der Waals surface area contributed by atoms with Gasteiger partial charge in [-0.1, -0.05) is 71.1 Å². The van der Waals surface area contributed by atoms with Crippen molar-refractivity contribution in [3.63, 3.8) is 0 Å². The topological polar surface area (TPSA) is 59.3 Å². The summed E-state index contributed by atoms with van der Waals surface area (Å²) in [4.78, 5) is 22.1. The third-order valence-electron chi connectivity index (χ3n) is 5.80. The molecule has 1 saturated carbocycles. The van der Waals surface area contributed by atoms with E-state index >= 15 is 0 Å². The molecule has 3 aromatic rings. The second kappa shape index (κ2) is 7.97. The number of nitrogens with zero attached hydrogens (tertiary/aromatic N) is 3. The van der Waals surface area contributed by atoms with Gasteiger partial charge in [0.2, 0.25) is 0 Å². The predicted octanol–water partition coefficient (Wildman–Crippen LogP) is 5.40. The van der Waals surface area contributed by atoms with E-state index in [0.717, 1.165) is 23.4 Å². The highest BCUT2D eigenvalue weighted by molar-refractivity contribution is 6.03. The molecule has 0 unspecified atom stereocenters. The number of imidazole rings is 1. The number of benzene rings is 1. The van der Waals surface area contributed by atoms with E-state index in [-0.39, 0.29) is 11.3 Å². The Kier molecular flexibility index (Phi) is 5.39. The Morgan fingerprint density at radius 2 is 1.86 bits per heavy atom. The molecule has 0 radical (unpaired) electrons. The van der Waals surface area contributed by atoms with E-state index in [2.05, 4.69) is 35.5 Å². The van der Waals surface area contributed by atoms with Gasteiger partial charge in [-0.05, 0) is 24.5 Å². The SMILES string of the molecule is CC(C)(C)c1nc2cc(C(=O)Nc3ccccc3)ncn2c1CC1CCCCC1. The van der Waals surface area contributed by atoms with E-state index in [0.29, 0.717) is 11.6 Å². The zero-order valence-corrected chi connectivity index (χ0v) is 17.6. The number of para-hydroxylation sites is 1. The minimum atomic E-state index is -0.215. The molecular weight excluding hydrogens is 360 g/mol. The molecule has 29 heavy (non-hydrogen) atoms. The monoisotopic (exact) mass is 390 g/mol. The van der Waals surface area contributed by atoms with Gasteiger partial charge in [-0.25, -0.2) is 9.97 Å². The summed E-state index contributed by atoms with van der Waals surface area (Å²) in [6, 6.07) is 11.3. The van der Waals surface area contributed by atoms with Crippen LogP contribution in [-0.2, 0) is 11.8 Å². The zero-order chi connectivity index (χ0) is 20.4. The molecule has 0 aliphatic heterocycles. The van der Waals surface area contributed by atoms with Crippen molar-refractivity contribution >= 4 is 17.2 Å². The molecule has 5 nitrogen and oxygen atoms in total. The van der Waals surface area contributed by atoms with Gasteiger partial charge in [0, 0.05) is 22.9 Å². The molecule has 0 spiro atoms.